The van der Waals surface area contributed by atoms with E-state index in [9.17, 15) is 4.39 Å². The van der Waals surface area contributed by atoms with Gasteiger partial charge in [-0.2, -0.15) is 10.1 Å². The van der Waals surface area contributed by atoms with Crippen molar-refractivity contribution in [3.63, 3.8) is 0 Å². The van der Waals surface area contributed by atoms with E-state index in [1.54, 1.807) is 19.2 Å². The minimum atomic E-state index is -0.429. The molecular weight excluding hydrogens is 347 g/mol. The molecule has 8 heteroatoms. The van der Waals surface area contributed by atoms with Crippen LogP contribution in [-0.2, 0) is 7.05 Å². The molecular formula is C19H23FN6O. The molecule has 1 fully saturated rings. The van der Waals surface area contributed by atoms with Crippen LogP contribution in [0.15, 0.2) is 18.2 Å². The van der Waals surface area contributed by atoms with Gasteiger partial charge >= 0.3 is 0 Å². The van der Waals surface area contributed by atoms with Crippen molar-refractivity contribution in [1.29, 1.82) is 0 Å². The number of nitrogens with zero attached hydrogens (tertiary/aromatic N) is 4. The molecule has 1 saturated carbocycles. The Hall–Kier alpha value is -2.90. The van der Waals surface area contributed by atoms with Crippen LogP contribution >= 0.6 is 0 Å². The Labute approximate surface area is 156 Å². The number of halogens is 1. The predicted molar refractivity (Wildman–Crippen MR) is 103 cm³/mol. The number of nitrogens with two attached hydrogens (primary N) is 1. The second-order valence-electron chi connectivity index (χ2n) is 6.93. The second-order valence-corrected chi connectivity index (χ2v) is 6.93. The quantitative estimate of drug-likeness (QED) is 0.730. The minimum absolute atomic E-state index is 0.325. The standard InChI is InChI=1S/C19H23FN6O/c1-26-17(21)15-16(13-9-8-12(27-2)10-14(13)20)23-19(24-18(15)25-26)22-11-6-4-3-5-7-11/h8-11H,3-7,21H2,1-2H3,(H,22,24,25). The molecule has 1 aliphatic carbocycles. The van der Waals surface area contributed by atoms with E-state index in [1.807, 2.05) is 0 Å². The van der Waals surface area contributed by atoms with Gasteiger partial charge in [0.05, 0.1) is 18.2 Å². The third kappa shape index (κ3) is 3.27. The summed E-state index contributed by atoms with van der Waals surface area (Å²) >= 11 is 0. The molecule has 0 unspecified atom stereocenters. The highest BCUT2D eigenvalue weighted by atomic mass is 19.1. The summed E-state index contributed by atoms with van der Waals surface area (Å²) in [5, 5.41) is 8.32. The average molecular weight is 370 g/mol. The zero-order chi connectivity index (χ0) is 19.0. The Kier molecular flexibility index (Phi) is 4.55. The lowest BCUT2D eigenvalue weighted by atomic mass is 9.96. The summed E-state index contributed by atoms with van der Waals surface area (Å²) in [6.45, 7) is 0. The molecule has 3 N–H and O–H groups in total. The maximum Gasteiger partial charge on any atom is 0.225 e. The molecule has 0 radical (unpaired) electrons. The molecule has 27 heavy (non-hydrogen) atoms. The van der Waals surface area contributed by atoms with Crippen molar-refractivity contribution in [1.82, 2.24) is 19.7 Å². The fourth-order valence-corrected chi connectivity index (χ4v) is 3.62. The Morgan fingerprint density at radius 1 is 1.22 bits per heavy atom. The van der Waals surface area contributed by atoms with Crippen LogP contribution in [0.25, 0.3) is 22.3 Å². The minimum Gasteiger partial charge on any atom is -0.497 e. The normalized spacial score (nSPS) is 15.2. The van der Waals surface area contributed by atoms with Gasteiger partial charge in [-0.15, -0.1) is 0 Å². The van der Waals surface area contributed by atoms with E-state index < -0.39 is 5.82 Å². The summed E-state index contributed by atoms with van der Waals surface area (Å²) in [5.74, 6) is 0.875. The van der Waals surface area contributed by atoms with Gasteiger partial charge in [0.1, 0.15) is 17.4 Å². The summed E-state index contributed by atoms with van der Waals surface area (Å²) < 4.78 is 21.4. The van der Waals surface area contributed by atoms with E-state index in [1.165, 1.54) is 37.1 Å². The average Bonchev–Trinajstić information content (AvgIpc) is 2.96. The second kappa shape index (κ2) is 7.02. The molecule has 3 aromatic rings. The first kappa shape index (κ1) is 17.5. The first-order valence-corrected chi connectivity index (χ1v) is 9.17. The van der Waals surface area contributed by atoms with Crippen LogP contribution in [0.5, 0.6) is 5.75 Å². The summed E-state index contributed by atoms with van der Waals surface area (Å²) in [6.07, 6.45) is 5.81. The molecule has 2 heterocycles. The van der Waals surface area contributed by atoms with Gasteiger partial charge in [-0.3, -0.25) is 4.68 Å². The van der Waals surface area contributed by atoms with Crippen molar-refractivity contribution in [2.45, 2.75) is 38.1 Å². The molecule has 0 saturated heterocycles. The lowest BCUT2D eigenvalue weighted by Crippen LogP contribution is -2.23. The van der Waals surface area contributed by atoms with E-state index in [2.05, 4.69) is 20.4 Å². The molecule has 2 aromatic heterocycles. The molecule has 142 valence electrons. The van der Waals surface area contributed by atoms with Gasteiger partial charge in [-0.1, -0.05) is 19.3 Å². The Balaban J connectivity index is 1.84. The van der Waals surface area contributed by atoms with Crippen LogP contribution in [0.1, 0.15) is 32.1 Å². The number of benzene rings is 1. The first-order valence-electron chi connectivity index (χ1n) is 9.17. The van der Waals surface area contributed by atoms with Crippen molar-refractivity contribution in [3.05, 3.63) is 24.0 Å². The molecule has 0 aliphatic heterocycles. The lowest BCUT2D eigenvalue weighted by molar-refractivity contribution is 0.411. The molecule has 1 aliphatic rings. The number of hydrogen-bond acceptors (Lipinski definition) is 6. The number of aryl methyl sites for hydroxylation is 1. The van der Waals surface area contributed by atoms with E-state index in [0.29, 0.717) is 45.8 Å². The van der Waals surface area contributed by atoms with Crippen LogP contribution in [0.2, 0.25) is 0 Å². The number of nitrogens with one attached hydrogen (secondary N) is 1. The summed E-state index contributed by atoms with van der Waals surface area (Å²) in [5.41, 5.74) is 7.40. The molecule has 0 spiro atoms. The molecule has 0 bridgehead atoms. The maximum absolute atomic E-state index is 14.8. The van der Waals surface area contributed by atoms with E-state index in [4.69, 9.17) is 10.5 Å². The topological polar surface area (TPSA) is 90.9 Å². The fraction of sp³-hybridized carbons (Fsp3) is 0.421. The van der Waals surface area contributed by atoms with Crippen LogP contribution in [0, 0.1) is 5.82 Å². The summed E-state index contributed by atoms with van der Waals surface area (Å²) in [7, 11) is 3.24. The number of anilines is 2. The van der Waals surface area contributed by atoms with Crippen LogP contribution in [-0.4, -0.2) is 32.9 Å². The number of methoxy groups -OCH3 is 1. The maximum atomic E-state index is 14.8. The van der Waals surface area contributed by atoms with Gasteiger partial charge < -0.3 is 15.8 Å². The summed E-state index contributed by atoms with van der Waals surface area (Å²) in [6, 6.07) is 5.01. The highest BCUT2D eigenvalue weighted by Crippen LogP contribution is 2.34. The monoisotopic (exact) mass is 370 g/mol. The number of fused-ring (bicyclic) bond motifs is 1. The number of ether oxygens (including phenoxy) is 1. The Morgan fingerprint density at radius 2 is 2.00 bits per heavy atom. The van der Waals surface area contributed by atoms with Gasteiger partial charge in [0, 0.05) is 24.7 Å². The van der Waals surface area contributed by atoms with E-state index in [-0.39, 0.29) is 0 Å². The van der Waals surface area contributed by atoms with E-state index in [0.717, 1.165) is 12.8 Å². The first-order chi connectivity index (χ1) is 13.1. The van der Waals surface area contributed by atoms with Crippen molar-refractivity contribution in [3.8, 4) is 17.0 Å². The van der Waals surface area contributed by atoms with Crippen LogP contribution in [0.4, 0.5) is 16.2 Å². The Bertz CT molecular complexity index is 980. The molecule has 0 atom stereocenters. The third-order valence-corrected chi connectivity index (χ3v) is 5.11. The van der Waals surface area contributed by atoms with Crippen LogP contribution in [0.3, 0.4) is 0 Å². The van der Waals surface area contributed by atoms with Crippen molar-refractivity contribution >= 4 is 22.8 Å². The lowest BCUT2D eigenvalue weighted by Gasteiger charge is -2.22. The number of hydrogen-bond donors (Lipinski definition) is 2. The van der Waals surface area contributed by atoms with Crippen molar-refractivity contribution in [2.24, 2.45) is 7.05 Å². The highest BCUT2D eigenvalue weighted by molar-refractivity contribution is 5.99. The van der Waals surface area contributed by atoms with Gasteiger partial charge in [0.15, 0.2) is 5.65 Å². The SMILES string of the molecule is COc1ccc(-c2nc(NC3CCCCC3)nc3nn(C)c(N)c23)c(F)c1. The van der Waals surface area contributed by atoms with Gasteiger partial charge in [0.25, 0.3) is 0 Å². The molecule has 7 nitrogen and oxygen atoms in total. The van der Waals surface area contributed by atoms with Crippen LogP contribution < -0.4 is 15.8 Å². The number of nitrogen functional groups attached to an aromatic ring is 1. The largest absolute Gasteiger partial charge is 0.497 e. The smallest absolute Gasteiger partial charge is 0.225 e. The molecule has 0 amide bonds. The number of aromatic nitrogens is 4. The molecule has 1 aromatic carbocycles. The third-order valence-electron chi connectivity index (χ3n) is 5.11. The van der Waals surface area contributed by atoms with Gasteiger partial charge in [-0.25, -0.2) is 9.37 Å². The van der Waals surface area contributed by atoms with Gasteiger partial charge in [0.2, 0.25) is 5.95 Å². The summed E-state index contributed by atoms with van der Waals surface area (Å²) in [4.78, 5) is 9.14. The zero-order valence-corrected chi connectivity index (χ0v) is 15.5. The predicted octanol–water partition coefficient (Wildman–Crippen LogP) is 3.50. The zero-order valence-electron chi connectivity index (χ0n) is 15.5. The fourth-order valence-electron chi connectivity index (χ4n) is 3.62. The number of rotatable bonds is 4. The van der Waals surface area contributed by atoms with Crippen molar-refractivity contribution < 1.29 is 9.13 Å². The van der Waals surface area contributed by atoms with Crippen molar-refractivity contribution in [2.75, 3.05) is 18.2 Å². The highest BCUT2D eigenvalue weighted by Gasteiger charge is 2.21. The Morgan fingerprint density at radius 3 is 2.70 bits per heavy atom. The van der Waals surface area contributed by atoms with E-state index >= 15 is 0 Å². The molecule has 4 rings (SSSR count). The van der Waals surface area contributed by atoms with Gasteiger partial charge in [-0.05, 0) is 25.0 Å².